The molecule has 1 aliphatic heterocycles. The third-order valence-corrected chi connectivity index (χ3v) is 10.1. The molecule has 2 aromatic rings. The number of hydrogen-bond acceptors (Lipinski definition) is 4. The first-order chi connectivity index (χ1) is 14.6. The Morgan fingerprint density at radius 1 is 1.00 bits per heavy atom. The van der Waals surface area contributed by atoms with Crippen LogP contribution in [0.15, 0.2) is 48.5 Å². The molecule has 0 aliphatic carbocycles. The zero-order valence-corrected chi connectivity index (χ0v) is 18.8. The smallest absolute Gasteiger partial charge is 0.340 e. The summed E-state index contributed by atoms with van der Waals surface area (Å²) >= 11 is 0. The third kappa shape index (κ3) is 5.60. The van der Waals surface area contributed by atoms with Gasteiger partial charge in [-0.3, -0.25) is 4.79 Å². The van der Waals surface area contributed by atoms with Crippen LogP contribution in [-0.4, -0.2) is 44.1 Å². The molecule has 2 aromatic carbocycles. The van der Waals surface area contributed by atoms with E-state index in [1.165, 1.54) is 31.9 Å². The molecule has 0 atom stereocenters. The van der Waals surface area contributed by atoms with Gasteiger partial charge in [-0.1, -0.05) is 36.4 Å². The van der Waals surface area contributed by atoms with Crippen molar-refractivity contribution in [1.29, 1.82) is 0 Å². The van der Waals surface area contributed by atoms with Crippen molar-refractivity contribution in [2.24, 2.45) is 0 Å². The molecular weight excluding hydrogens is 397 g/mol. The van der Waals surface area contributed by atoms with Gasteiger partial charge in [0.15, 0.2) is 0 Å². The van der Waals surface area contributed by atoms with E-state index in [9.17, 15) is 9.59 Å². The molecule has 0 radical (unpaired) electrons. The van der Waals surface area contributed by atoms with Crippen molar-refractivity contribution in [3.63, 3.8) is 0 Å². The topological polar surface area (TPSA) is 64.6 Å². The molecular formula is C24H31NO4P+. The molecule has 1 heterocycles. The summed E-state index contributed by atoms with van der Waals surface area (Å²) in [6, 6.07) is 15.6. The second-order valence-corrected chi connectivity index (χ2v) is 12.0. The number of methoxy groups -OCH3 is 1. The SMILES string of the molecule is CCOC(=O)c1cccc(OC)c1NC(=O)C[P+]1(Cc2ccccc2)CCCCC1. The van der Waals surface area contributed by atoms with Crippen LogP contribution in [0.25, 0.3) is 0 Å². The van der Waals surface area contributed by atoms with Crippen LogP contribution < -0.4 is 10.1 Å². The number of hydrogen-bond donors (Lipinski definition) is 1. The van der Waals surface area contributed by atoms with Gasteiger partial charge in [-0.2, -0.15) is 0 Å². The molecule has 3 rings (SSSR count). The minimum Gasteiger partial charge on any atom is -0.495 e. The lowest BCUT2D eigenvalue weighted by molar-refractivity contribution is -0.113. The first-order valence-corrected chi connectivity index (χ1v) is 13.1. The first-order valence-electron chi connectivity index (χ1n) is 10.6. The lowest BCUT2D eigenvalue weighted by Crippen LogP contribution is -2.25. The van der Waals surface area contributed by atoms with Crippen molar-refractivity contribution in [3.8, 4) is 5.75 Å². The van der Waals surface area contributed by atoms with E-state index in [0.717, 1.165) is 18.5 Å². The van der Waals surface area contributed by atoms with Gasteiger partial charge in [-0.15, -0.1) is 0 Å². The zero-order chi connectivity index (χ0) is 21.4. The number of carbonyl (C=O) groups is 2. The summed E-state index contributed by atoms with van der Waals surface area (Å²) in [4.78, 5) is 25.6. The van der Waals surface area contributed by atoms with Gasteiger partial charge in [0.2, 0.25) is 0 Å². The van der Waals surface area contributed by atoms with E-state index in [0.29, 0.717) is 23.2 Å². The molecule has 1 fully saturated rings. The van der Waals surface area contributed by atoms with Gasteiger partial charge >= 0.3 is 5.97 Å². The predicted molar refractivity (Wildman–Crippen MR) is 123 cm³/mol. The van der Waals surface area contributed by atoms with Gasteiger partial charge in [0.1, 0.15) is 11.9 Å². The Hall–Kier alpha value is -2.39. The largest absolute Gasteiger partial charge is 0.495 e. The molecule has 0 aromatic heterocycles. The molecule has 30 heavy (non-hydrogen) atoms. The van der Waals surface area contributed by atoms with Crippen LogP contribution in [0.1, 0.15) is 42.1 Å². The summed E-state index contributed by atoms with van der Waals surface area (Å²) in [7, 11) is 0.0833. The molecule has 6 heteroatoms. The van der Waals surface area contributed by atoms with Crippen LogP contribution >= 0.6 is 7.26 Å². The quantitative estimate of drug-likeness (QED) is 0.463. The summed E-state index contributed by atoms with van der Waals surface area (Å²) in [6.45, 7) is 2.03. The van der Waals surface area contributed by atoms with Crippen molar-refractivity contribution in [3.05, 3.63) is 59.7 Å². The van der Waals surface area contributed by atoms with Crippen molar-refractivity contribution < 1.29 is 19.1 Å². The van der Waals surface area contributed by atoms with Crippen LogP contribution in [-0.2, 0) is 15.7 Å². The van der Waals surface area contributed by atoms with Crippen LogP contribution in [0.2, 0.25) is 0 Å². The van der Waals surface area contributed by atoms with E-state index < -0.39 is 13.2 Å². The minimum absolute atomic E-state index is 0.0452. The molecule has 1 amide bonds. The normalized spacial score (nSPS) is 15.3. The van der Waals surface area contributed by atoms with Crippen molar-refractivity contribution in [2.45, 2.75) is 32.3 Å². The van der Waals surface area contributed by atoms with Gasteiger partial charge in [0.25, 0.3) is 5.91 Å². The fourth-order valence-electron chi connectivity index (χ4n) is 4.22. The number of carbonyl (C=O) groups excluding carboxylic acids is 2. The van der Waals surface area contributed by atoms with E-state index in [1.807, 2.05) is 6.07 Å². The number of para-hydroxylation sites is 1. The van der Waals surface area contributed by atoms with Crippen molar-refractivity contribution in [2.75, 3.05) is 37.5 Å². The monoisotopic (exact) mass is 428 g/mol. The number of ether oxygens (including phenoxy) is 2. The van der Waals surface area contributed by atoms with Crippen LogP contribution in [0.4, 0.5) is 5.69 Å². The molecule has 160 valence electrons. The van der Waals surface area contributed by atoms with E-state index in [-0.39, 0.29) is 12.5 Å². The fourth-order valence-corrected chi connectivity index (χ4v) is 8.65. The number of esters is 1. The Balaban J connectivity index is 1.81. The summed E-state index contributed by atoms with van der Waals surface area (Å²) in [5, 5.41) is 2.99. The average Bonchev–Trinajstić information content (AvgIpc) is 2.75. The molecule has 0 unspecified atom stereocenters. The van der Waals surface area contributed by atoms with Gasteiger partial charge < -0.3 is 14.8 Å². The van der Waals surface area contributed by atoms with E-state index in [4.69, 9.17) is 9.47 Å². The highest BCUT2D eigenvalue weighted by atomic mass is 31.2. The molecule has 0 spiro atoms. The Labute approximate surface area is 179 Å². The van der Waals surface area contributed by atoms with Crippen LogP contribution in [0.3, 0.4) is 0 Å². The van der Waals surface area contributed by atoms with Gasteiger partial charge in [-0.25, -0.2) is 4.79 Å². The zero-order valence-electron chi connectivity index (χ0n) is 17.9. The molecule has 0 bridgehead atoms. The number of amides is 1. The van der Waals surface area contributed by atoms with Crippen LogP contribution in [0, 0.1) is 0 Å². The first kappa shape index (κ1) is 22.3. The molecule has 1 aliphatic rings. The van der Waals surface area contributed by atoms with Crippen molar-refractivity contribution >= 4 is 24.8 Å². The summed E-state index contributed by atoms with van der Waals surface area (Å²) < 4.78 is 10.6. The van der Waals surface area contributed by atoms with Gasteiger partial charge in [-0.05, 0) is 43.9 Å². The Kier molecular flexibility index (Phi) is 7.87. The number of rotatable bonds is 8. The summed E-state index contributed by atoms with van der Waals surface area (Å²) in [5.74, 6) is -0.0395. The third-order valence-electron chi connectivity index (χ3n) is 5.61. The lowest BCUT2D eigenvalue weighted by atomic mass is 10.1. The van der Waals surface area contributed by atoms with E-state index >= 15 is 0 Å². The number of benzene rings is 2. The van der Waals surface area contributed by atoms with E-state index in [1.54, 1.807) is 25.1 Å². The number of nitrogens with one attached hydrogen (secondary N) is 1. The second kappa shape index (κ2) is 10.6. The Bertz CT molecular complexity index is 863. The average molecular weight is 428 g/mol. The van der Waals surface area contributed by atoms with Gasteiger partial charge in [0.05, 0.1) is 43.5 Å². The predicted octanol–water partition coefficient (Wildman–Crippen LogP) is 5.21. The van der Waals surface area contributed by atoms with Crippen molar-refractivity contribution in [1.82, 2.24) is 0 Å². The Morgan fingerprint density at radius 2 is 1.73 bits per heavy atom. The molecule has 0 saturated carbocycles. The summed E-state index contributed by atoms with van der Waals surface area (Å²) in [6.07, 6.45) is 7.45. The lowest BCUT2D eigenvalue weighted by Gasteiger charge is -2.31. The Morgan fingerprint density at radius 3 is 2.40 bits per heavy atom. The standard InChI is InChI=1S/C24H30NO4P/c1-3-29-24(27)20-13-10-14-21(28-2)23(20)25-22(26)18-30(15-8-5-9-16-30)17-19-11-6-4-7-12-19/h4,6-7,10-14H,3,5,8-9,15-18H2,1-2H3/p+1. The maximum Gasteiger partial charge on any atom is 0.340 e. The number of anilines is 1. The molecule has 1 N–H and O–H groups in total. The maximum atomic E-state index is 13.2. The van der Waals surface area contributed by atoms with Gasteiger partial charge in [0, 0.05) is 7.26 Å². The molecule has 5 nitrogen and oxygen atoms in total. The van der Waals surface area contributed by atoms with Crippen LogP contribution in [0.5, 0.6) is 5.75 Å². The summed E-state index contributed by atoms with van der Waals surface area (Å²) in [5.41, 5.74) is 2.03. The van der Waals surface area contributed by atoms with E-state index in [2.05, 4.69) is 29.6 Å². The highest BCUT2D eigenvalue weighted by molar-refractivity contribution is 7.76. The minimum atomic E-state index is -1.45. The fraction of sp³-hybridized carbons (Fsp3) is 0.417. The maximum absolute atomic E-state index is 13.2. The molecule has 1 saturated heterocycles. The highest BCUT2D eigenvalue weighted by Crippen LogP contribution is 2.64. The second-order valence-electron chi connectivity index (χ2n) is 7.80. The highest BCUT2D eigenvalue weighted by Gasteiger charge is 2.41.